The van der Waals surface area contributed by atoms with Crippen molar-refractivity contribution in [1.29, 1.82) is 0 Å². The summed E-state index contributed by atoms with van der Waals surface area (Å²) in [7, 11) is 1.49. The lowest BCUT2D eigenvalue weighted by Gasteiger charge is -2.10. The Morgan fingerprint density at radius 1 is 1.26 bits per heavy atom. The van der Waals surface area contributed by atoms with Crippen LogP contribution in [0, 0.1) is 13.8 Å². The number of thiophene rings is 1. The molecule has 3 aromatic rings. The van der Waals surface area contributed by atoms with Gasteiger partial charge in [0, 0.05) is 0 Å². The summed E-state index contributed by atoms with van der Waals surface area (Å²) in [6.07, 6.45) is 0. The predicted octanol–water partition coefficient (Wildman–Crippen LogP) is 2.41. The molecule has 0 aliphatic carbocycles. The first-order valence-electron chi connectivity index (χ1n) is 8.00. The van der Waals surface area contributed by atoms with E-state index in [1.165, 1.54) is 7.11 Å². The lowest BCUT2D eigenvalue weighted by atomic mass is 10.2. The number of H-pyrrole nitrogens is 1. The zero-order valence-electron chi connectivity index (χ0n) is 14.9. The van der Waals surface area contributed by atoms with Gasteiger partial charge in [-0.3, -0.25) is 9.59 Å². The Balaban J connectivity index is 1.72. The number of carbonyl (C=O) groups excluding carboxylic acids is 2. The molecule has 0 bridgehead atoms. The van der Waals surface area contributed by atoms with Gasteiger partial charge < -0.3 is 19.8 Å². The second kappa shape index (κ2) is 7.58. The van der Waals surface area contributed by atoms with Crippen LogP contribution in [-0.4, -0.2) is 35.6 Å². The SMILES string of the molecule is COc1ccccc1NC(=O)COC(=O)c1sc2nc(C)[nH]c(=O)c2c1C. The number of aryl methyl sites for hydroxylation is 2. The van der Waals surface area contributed by atoms with Gasteiger partial charge in [0.1, 0.15) is 21.3 Å². The van der Waals surface area contributed by atoms with Crippen molar-refractivity contribution >= 4 is 39.1 Å². The van der Waals surface area contributed by atoms with E-state index in [1.807, 2.05) is 0 Å². The molecule has 8 nitrogen and oxygen atoms in total. The van der Waals surface area contributed by atoms with Crippen LogP contribution in [0.5, 0.6) is 5.75 Å². The van der Waals surface area contributed by atoms with Crippen LogP contribution in [0.15, 0.2) is 29.1 Å². The first-order chi connectivity index (χ1) is 12.9. The third-order valence-electron chi connectivity index (χ3n) is 3.82. The number of methoxy groups -OCH3 is 1. The molecule has 140 valence electrons. The van der Waals surface area contributed by atoms with Crippen molar-refractivity contribution in [3.8, 4) is 5.75 Å². The lowest BCUT2D eigenvalue weighted by molar-refractivity contribution is -0.119. The maximum Gasteiger partial charge on any atom is 0.349 e. The molecule has 27 heavy (non-hydrogen) atoms. The number of esters is 1. The second-order valence-corrected chi connectivity index (χ2v) is 6.71. The van der Waals surface area contributed by atoms with E-state index in [0.29, 0.717) is 33.0 Å². The lowest BCUT2D eigenvalue weighted by Crippen LogP contribution is -2.21. The molecule has 0 radical (unpaired) electrons. The van der Waals surface area contributed by atoms with E-state index in [0.717, 1.165) is 11.3 Å². The number of fused-ring (bicyclic) bond motifs is 1. The number of benzene rings is 1. The summed E-state index contributed by atoms with van der Waals surface area (Å²) in [5.41, 5.74) is 0.656. The van der Waals surface area contributed by atoms with Crippen LogP contribution in [0.3, 0.4) is 0 Å². The second-order valence-electron chi connectivity index (χ2n) is 5.71. The van der Waals surface area contributed by atoms with E-state index in [-0.39, 0.29) is 10.4 Å². The highest BCUT2D eigenvalue weighted by Crippen LogP contribution is 2.27. The topological polar surface area (TPSA) is 110 Å². The molecule has 0 atom stereocenters. The number of ether oxygens (including phenoxy) is 2. The standard InChI is InChI=1S/C18H17N3O5S/c1-9-14-16(23)19-10(2)20-17(14)27-15(9)18(24)26-8-13(22)21-11-6-4-5-7-12(11)25-3/h4-7H,8H2,1-3H3,(H,21,22)(H,19,20,23). The Morgan fingerprint density at radius 3 is 2.74 bits per heavy atom. The van der Waals surface area contributed by atoms with Crippen molar-refractivity contribution in [2.75, 3.05) is 19.0 Å². The summed E-state index contributed by atoms with van der Waals surface area (Å²) in [6, 6.07) is 6.90. The number of amides is 1. The molecule has 0 saturated heterocycles. The maximum absolute atomic E-state index is 12.4. The molecule has 2 aromatic heterocycles. The summed E-state index contributed by atoms with van der Waals surface area (Å²) in [4.78, 5) is 44.0. The Bertz CT molecular complexity index is 1090. The van der Waals surface area contributed by atoms with Gasteiger partial charge in [0.25, 0.3) is 11.5 Å². The normalized spacial score (nSPS) is 10.6. The minimum absolute atomic E-state index is 0.249. The molecule has 9 heteroatoms. The van der Waals surface area contributed by atoms with Gasteiger partial charge in [-0.05, 0) is 31.5 Å². The molecule has 3 rings (SSSR count). The highest BCUT2D eigenvalue weighted by atomic mass is 32.1. The Kier molecular flexibility index (Phi) is 5.22. The van der Waals surface area contributed by atoms with Crippen LogP contribution < -0.4 is 15.6 Å². The minimum Gasteiger partial charge on any atom is -0.495 e. The molecule has 0 aliphatic rings. The molecule has 0 fully saturated rings. The van der Waals surface area contributed by atoms with E-state index in [4.69, 9.17) is 9.47 Å². The van der Waals surface area contributed by atoms with Crippen LogP contribution in [0.1, 0.15) is 21.1 Å². The van der Waals surface area contributed by atoms with E-state index >= 15 is 0 Å². The van der Waals surface area contributed by atoms with Gasteiger partial charge in [-0.1, -0.05) is 12.1 Å². The Morgan fingerprint density at radius 2 is 2.00 bits per heavy atom. The highest BCUT2D eigenvalue weighted by Gasteiger charge is 2.21. The number of nitrogens with one attached hydrogen (secondary N) is 2. The monoisotopic (exact) mass is 387 g/mol. The quantitative estimate of drug-likeness (QED) is 0.651. The van der Waals surface area contributed by atoms with Gasteiger partial charge in [-0.15, -0.1) is 11.3 Å². The fourth-order valence-electron chi connectivity index (χ4n) is 2.58. The molecule has 1 aromatic carbocycles. The third-order valence-corrected chi connectivity index (χ3v) is 4.99. The molecule has 2 heterocycles. The fourth-order valence-corrected chi connectivity index (χ4v) is 3.70. The summed E-state index contributed by atoms with van der Waals surface area (Å²) < 4.78 is 10.2. The summed E-state index contributed by atoms with van der Waals surface area (Å²) in [5.74, 6) is -0.218. The van der Waals surface area contributed by atoms with Crippen LogP contribution in [0.4, 0.5) is 5.69 Å². The molecule has 0 unspecified atom stereocenters. The smallest absolute Gasteiger partial charge is 0.349 e. The molecule has 1 amide bonds. The molecule has 0 spiro atoms. The number of rotatable bonds is 5. The van der Waals surface area contributed by atoms with Gasteiger partial charge in [0.05, 0.1) is 18.2 Å². The number of anilines is 1. The number of carbonyl (C=O) groups is 2. The highest BCUT2D eigenvalue weighted by molar-refractivity contribution is 7.20. The van der Waals surface area contributed by atoms with Crippen LogP contribution in [0.2, 0.25) is 0 Å². The fraction of sp³-hybridized carbons (Fsp3) is 0.222. The average Bonchev–Trinajstić information content (AvgIpc) is 2.96. The molecular weight excluding hydrogens is 370 g/mol. The number of aromatic amines is 1. The van der Waals surface area contributed by atoms with Crippen molar-refractivity contribution < 1.29 is 19.1 Å². The van der Waals surface area contributed by atoms with E-state index in [2.05, 4.69) is 15.3 Å². The molecule has 0 saturated carbocycles. The van der Waals surface area contributed by atoms with Gasteiger partial charge in [0.2, 0.25) is 0 Å². The van der Waals surface area contributed by atoms with Crippen molar-refractivity contribution in [2.24, 2.45) is 0 Å². The van der Waals surface area contributed by atoms with Gasteiger partial charge >= 0.3 is 5.97 Å². The summed E-state index contributed by atoms with van der Waals surface area (Å²) >= 11 is 1.06. The van der Waals surface area contributed by atoms with E-state index < -0.39 is 18.5 Å². The van der Waals surface area contributed by atoms with Crippen molar-refractivity contribution in [3.05, 3.63) is 50.9 Å². The van der Waals surface area contributed by atoms with Gasteiger partial charge in [-0.25, -0.2) is 9.78 Å². The van der Waals surface area contributed by atoms with E-state index in [9.17, 15) is 14.4 Å². The molecule has 2 N–H and O–H groups in total. The molecular formula is C18H17N3O5S. The Hall–Kier alpha value is -3.20. The van der Waals surface area contributed by atoms with Gasteiger partial charge in [-0.2, -0.15) is 0 Å². The first kappa shape index (κ1) is 18.6. The van der Waals surface area contributed by atoms with Crippen molar-refractivity contribution in [3.63, 3.8) is 0 Å². The summed E-state index contributed by atoms with van der Waals surface area (Å²) in [5, 5.41) is 2.98. The largest absolute Gasteiger partial charge is 0.495 e. The predicted molar refractivity (Wildman–Crippen MR) is 102 cm³/mol. The minimum atomic E-state index is -0.678. The molecule has 0 aliphatic heterocycles. The zero-order chi connectivity index (χ0) is 19.6. The van der Waals surface area contributed by atoms with Crippen molar-refractivity contribution in [2.45, 2.75) is 13.8 Å². The Labute approximate surface area is 158 Å². The number of para-hydroxylation sites is 2. The number of hydrogen-bond donors (Lipinski definition) is 2. The number of hydrogen-bond acceptors (Lipinski definition) is 7. The third kappa shape index (κ3) is 3.82. The number of aromatic nitrogens is 2. The zero-order valence-corrected chi connectivity index (χ0v) is 15.7. The van der Waals surface area contributed by atoms with Gasteiger partial charge in [0.15, 0.2) is 6.61 Å². The van der Waals surface area contributed by atoms with Crippen LogP contribution in [-0.2, 0) is 9.53 Å². The van der Waals surface area contributed by atoms with Crippen LogP contribution in [0.25, 0.3) is 10.2 Å². The maximum atomic E-state index is 12.4. The van der Waals surface area contributed by atoms with Crippen molar-refractivity contribution in [1.82, 2.24) is 9.97 Å². The average molecular weight is 387 g/mol. The summed E-state index contributed by atoms with van der Waals surface area (Å²) in [6.45, 7) is 2.85. The first-order valence-corrected chi connectivity index (χ1v) is 8.82. The van der Waals surface area contributed by atoms with E-state index in [1.54, 1.807) is 38.1 Å². The number of nitrogens with zero attached hydrogens (tertiary/aromatic N) is 1. The van der Waals surface area contributed by atoms with Crippen LogP contribution >= 0.6 is 11.3 Å².